The van der Waals surface area contributed by atoms with E-state index in [0.29, 0.717) is 5.69 Å². The second-order valence-electron chi connectivity index (χ2n) is 3.17. The third-order valence-electron chi connectivity index (χ3n) is 1.96. The van der Waals surface area contributed by atoms with E-state index in [4.69, 9.17) is 17.3 Å². The summed E-state index contributed by atoms with van der Waals surface area (Å²) in [6.07, 6.45) is 1.26. The lowest BCUT2D eigenvalue weighted by Crippen LogP contribution is -2.13. The molecule has 1 heterocycles. The highest BCUT2D eigenvalue weighted by Crippen LogP contribution is 2.23. The van der Waals surface area contributed by atoms with Crippen LogP contribution in [0.25, 0.3) is 0 Å². The van der Waals surface area contributed by atoms with Gasteiger partial charge in [0.25, 0.3) is 10.0 Å². The second-order valence-corrected chi connectivity index (χ2v) is 5.26. The molecule has 0 spiro atoms. The maximum atomic E-state index is 11.9. The normalized spacial score (nSPS) is 11.4. The third kappa shape index (κ3) is 2.51. The zero-order chi connectivity index (χ0) is 12.5. The number of nitrogen functional groups attached to an aromatic ring is 1. The molecule has 90 valence electrons. The van der Waals surface area contributed by atoms with Gasteiger partial charge in [-0.1, -0.05) is 16.8 Å². The van der Waals surface area contributed by atoms with Crippen molar-refractivity contribution in [2.24, 2.45) is 0 Å². The molecular weight excluding hydrogens is 266 g/mol. The molecule has 0 atom stereocenters. The van der Waals surface area contributed by atoms with Gasteiger partial charge in [-0.15, -0.1) is 0 Å². The topological polar surface area (TPSA) is 98.2 Å². The maximum Gasteiger partial charge on any atom is 0.263 e. The predicted molar refractivity (Wildman–Crippen MR) is 63.2 cm³/mol. The Bertz CT molecular complexity index is 625. The van der Waals surface area contributed by atoms with Crippen molar-refractivity contribution in [3.8, 4) is 0 Å². The Kier molecular flexibility index (Phi) is 2.95. The first-order valence-corrected chi connectivity index (χ1v) is 6.33. The molecule has 6 nitrogen and oxygen atoms in total. The van der Waals surface area contributed by atoms with E-state index in [1.54, 1.807) is 0 Å². The van der Waals surface area contributed by atoms with Crippen LogP contribution in [0.4, 0.5) is 11.5 Å². The largest absolute Gasteiger partial charge is 0.398 e. The van der Waals surface area contributed by atoms with Gasteiger partial charge in [0.05, 0.1) is 15.6 Å². The van der Waals surface area contributed by atoms with Gasteiger partial charge in [-0.2, -0.15) is 0 Å². The van der Waals surface area contributed by atoms with E-state index < -0.39 is 10.0 Å². The highest BCUT2D eigenvalue weighted by molar-refractivity contribution is 7.92. The minimum Gasteiger partial charge on any atom is -0.398 e. The van der Waals surface area contributed by atoms with Crippen molar-refractivity contribution in [1.29, 1.82) is 0 Å². The average molecular weight is 274 g/mol. The van der Waals surface area contributed by atoms with Crippen molar-refractivity contribution in [2.75, 3.05) is 10.5 Å². The van der Waals surface area contributed by atoms with E-state index in [-0.39, 0.29) is 15.7 Å². The van der Waals surface area contributed by atoms with Gasteiger partial charge in [0.1, 0.15) is 6.26 Å². The van der Waals surface area contributed by atoms with E-state index in [2.05, 4.69) is 14.4 Å². The summed E-state index contributed by atoms with van der Waals surface area (Å²) in [6, 6.07) is 5.42. The number of sulfonamides is 1. The number of halogens is 1. The first kappa shape index (κ1) is 11.7. The number of rotatable bonds is 3. The first-order chi connectivity index (χ1) is 7.99. The van der Waals surface area contributed by atoms with Crippen LogP contribution in [0.5, 0.6) is 0 Å². The standard InChI is InChI=1S/C9H8ClN3O3S/c10-7-5-6(1-2-8(7)11)17(14,15)13-9-3-4-16-12-9/h1-5H,11H2,(H,12,13). The number of nitrogens with one attached hydrogen (secondary N) is 1. The fourth-order valence-corrected chi connectivity index (χ4v) is 2.40. The Morgan fingerprint density at radius 3 is 2.71 bits per heavy atom. The van der Waals surface area contributed by atoms with Gasteiger partial charge in [0, 0.05) is 6.07 Å². The van der Waals surface area contributed by atoms with Crippen molar-refractivity contribution < 1.29 is 12.9 Å². The first-order valence-electron chi connectivity index (χ1n) is 4.47. The summed E-state index contributed by atoms with van der Waals surface area (Å²) in [4.78, 5) is -0.000278. The Balaban J connectivity index is 2.35. The summed E-state index contributed by atoms with van der Waals surface area (Å²) in [6.45, 7) is 0. The lowest BCUT2D eigenvalue weighted by Gasteiger charge is -2.06. The van der Waals surface area contributed by atoms with Gasteiger partial charge < -0.3 is 10.3 Å². The van der Waals surface area contributed by atoms with Crippen LogP contribution in [0, 0.1) is 0 Å². The third-order valence-corrected chi connectivity index (χ3v) is 3.64. The molecule has 17 heavy (non-hydrogen) atoms. The number of nitrogens with two attached hydrogens (primary N) is 1. The highest BCUT2D eigenvalue weighted by atomic mass is 35.5. The monoisotopic (exact) mass is 273 g/mol. The number of aromatic nitrogens is 1. The molecule has 0 aliphatic rings. The molecule has 1 aromatic heterocycles. The van der Waals surface area contributed by atoms with Crippen molar-refractivity contribution in [1.82, 2.24) is 5.16 Å². The van der Waals surface area contributed by atoms with Crippen molar-refractivity contribution in [3.63, 3.8) is 0 Å². The number of hydrogen-bond donors (Lipinski definition) is 2. The number of benzene rings is 1. The van der Waals surface area contributed by atoms with Gasteiger partial charge in [-0.05, 0) is 18.2 Å². The Labute approximate surface area is 102 Å². The fourth-order valence-electron chi connectivity index (χ4n) is 1.14. The molecule has 0 amide bonds. The minimum atomic E-state index is -3.73. The van der Waals surface area contributed by atoms with Crippen LogP contribution in [-0.2, 0) is 10.0 Å². The van der Waals surface area contributed by atoms with Crippen LogP contribution >= 0.6 is 11.6 Å². The highest BCUT2D eigenvalue weighted by Gasteiger charge is 2.16. The summed E-state index contributed by atoms with van der Waals surface area (Å²) in [5, 5.41) is 3.62. The molecule has 8 heteroatoms. The van der Waals surface area contributed by atoms with Crippen LogP contribution in [0.2, 0.25) is 5.02 Å². The number of nitrogens with zero attached hydrogens (tertiary/aromatic N) is 1. The molecule has 0 radical (unpaired) electrons. The van der Waals surface area contributed by atoms with E-state index in [1.165, 1.54) is 30.5 Å². The zero-order valence-electron chi connectivity index (χ0n) is 8.42. The van der Waals surface area contributed by atoms with Gasteiger partial charge in [-0.25, -0.2) is 8.42 Å². The lowest BCUT2D eigenvalue weighted by atomic mass is 10.3. The number of anilines is 2. The van der Waals surface area contributed by atoms with Gasteiger partial charge in [0.15, 0.2) is 5.82 Å². The van der Waals surface area contributed by atoms with Gasteiger partial charge in [-0.3, -0.25) is 4.72 Å². The number of hydrogen-bond acceptors (Lipinski definition) is 5. The summed E-state index contributed by atoms with van der Waals surface area (Å²) < 4.78 is 30.5. The van der Waals surface area contributed by atoms with Crippen molar-refractivity contribution >= 4 is 33.1 Å². The van der Waals surface area contributed by atoms with Crippen LogP contribution < -0.4 is 10.5 Å². The van der Waals surface area contributed by atoms with Crippen LogP contribution in [0.1, 0.15) is 0 Å². The summed E-state index contributed by atoms with van der Waals surface area (Å²) >= 11 is 5.75. The van der Waals surface area contributed by atoms with E-state index >= 15 is 0 Å². The van der Waals surface area contributed by atoms with E-state index in [1.807, 2.05) is 0 Å². The lowest BCUT2D eigenvalue weighted by molar-refractivity contribution is 0.423. The molecule has 0 bridgehead atoms. The minimum absolute atomic E-state index is 0.000278. The van der Waals surface area contributed by atoms with Crippen LogP contribution in [-0.4, -0.2) is 13.6 Å². The predicted octanol–water partition coefficient (Wildman–Crippen LogP) is 1.71. The molecule has 2 aromatic rings. The maximum absolute atomic E-state index is 11.9. The molecule has 3 N–H and O–H groups in total. The second kappa shape index (κ2) is 4.27. The molecule has 0 saturated carbocycles. The Morgan fingerprint density at radius 1 is 1.35 bits per heavy atom. The molecule has 0 fully saturated rings. The smallest absolute Gasteiger partial charge is 0.263 e. The molecule has 0 unspecified atom stereocenters. The van der Waals surface area contributed by atoms with Crippen LogP contribution in [0.15, 0.2) is 39.9 Å². The molecule has 0 aliphatic heterocycles. The van der Waals surface area contributed by atoms with Gasteiger partial charge >= 0.3 is 0 Å². The molecular formula is C9H8ClN3O3S. The van der Waals surface area contributed by atoms with E-state index in [9.17, 15) is 8.42 Å². The van der Waals surface area contributed by atoms with E-state index in [0.717, 1.165) is 0 Å². The summed E-state index contributed by atoms with van der Waals surface area (Å²) in [5.74, 6) is 0.0953. The van der Waals surface area contributed by atoms with Crippen molar-refractivity contribution in [2.45, 2.75) is 4.90 Å². The molecule has 0 aliphatic carbocycles. The zero-order valence-corrected chi connectivity index (χ0v) is 9.99. The SMILES string of the molecule is Nc1ccc(S(=O)(=O)Nc2ccon2)cc1Cl. The molecule has 2 rings (SSSR count). The van der Waals surface area contributed by atoms with Gasteiger partial charge in [0.2, 0.25) is 0 Å². The van der Waals surface area contributed by atoms with Crippen LogP contribution in [0.3, 0.4) is 0 Å². The summed E-state index contributed by atoms with van der Waals surface area (Å²) in [5.41, 5.74) is 5.81. The average Bonchev–Trinajstić information content (AvgIpc) is 2.73. The quantitative estimate of drug-likeness (QED) is 0.830. The molecule has 1 aromatic carbocycles. The summed E-state index contributed by atoms with van der Waals surface area (Å²) in [7, 11) is -3.73. The van der Waals surface area contributed by atoms with Crippen molar-refractivity contribution in [3.05, 3.63) is 35.6 Å². The Morgan fingerprint density at radius 2 is 2.12 bits per heavy atom. The Hall–Kier alpha value is -1.73. The molecule has 0 saturated heterocycles. The fraction of sp³-hybridized carbons (Fsp3) is 0.